The number of piperazine rings is 1. The van der Waals surface area contributed by atoms with Crippen LogP contribution in [-0.4, -0.2) is 37.1 Å². The molecule has 0 aliphatic carbocycles. The second-order valence-electron chi connectivity index (χ2n) is 6.31. The second kappa shape index (κ2) is 8.60. The van der Waals surface area contributed by atoms with E-state index in [-0.39, 0.29) is 5.91 Å². The maximum absolute atomic E-state index is 11.3. The van der Waals surface area contributed by atoms with Gasteiger partial charge in [0.1, 0.15) is 0 Å². The van der Waals surface area contributed by atoms with E-state index in [4.69, 9.17) is 5.84 Å². The minimum Gasteiger partial charge on any atom is -0.368 e. The molecule has 1 aliphatic rings. The summed E-state index contributed by atoms with van der Waals surface area (Å²) in [4.78, 5) is 18.2. The molecule has 0 radical (unpaired) electrons. The number of anilines is 1. The Morgan fingerprint density at radius 2 is 1.80 bits per heavy atom. The van der Waals surface area contributed by atoms with E-state index in [1.165, 1.54) is 11.3 Å². The number of hydrogen-bond donors (Lipinski definition) is 3. The summed E-state index contributed by atoms with van der Waals surface area (Å²) in [7, 11) is 0. The van der Waals surface area contributed by atoms with E-state index >= 15 is 0 Å². The van der Waals surface area contributed by atoms with Crippen LogP contribution in [0, 0.1) is 0 Å². The van der Waals surface area contributed by atoms with Crippen LogP contribution in [0.3, 0.4) is 0 Å². The van der Waals surface area contributed by atoms with Gasteiger partial charge in [0.25, 0.3) is 0 Å². The Morgan fingerprint density at radius 1 is 1.08 bits per heavy atom. The highest BCUT2D eigenvalue weighted by Gasteiger charge is 2.10. The highest BCUT2D eigenvalue weighted by atomic mass is 16.2. The van der Waals surface area contributed by atoms with E-state index in [1.807, 2.05) is 18.3 Å². The summed E-state index contributed by atoms with van der Waals surface area (Å²) in [5, 5.41) is 3.36. The second-order valence-corrected chi connectivity index (χ2v) is 6.31. The molecule has 1 aliphatic heterocycles. The number of benzene rings is 1. The topological polar surface area (TPSA) is 83.3 Å². The predicted molar refractivity (Wildman–Crippen MR) is 99.2 cm³/mol. The molecule has 0 bridgehead atoms. The molecule has 1 aromatic heterocycles. The number of carbonyl (C=O) groups is 1. The molecule has 1 saturated heterocycles. The van der Waals surface area contributed by atoms with Gasteiger partial charge in [0.15, 0.2) is 0 Å². The van der Waals surface area contributed by atoms with Crippen molar-refractivity contribution in [1.29, 1.82) is 0 Å². The van der Waals surface area contributed by atoms with Crippen LogP contribution in [0.25, 0.3) is 0 Å². The molecule has 6 nitrogen and oxygen atoms in total. The van der Waals surface area contributed by atoms with Crippen molar-refractivity contribution in [2.75, 3.05) is 31.1 Å². The van der Waals surface area contributed by atoms with Crippen LogP contribution >= 0.6 is 0 Å². The van der Waals surface area contributed by atoms with Gasteiger partial charge < -0.3 is 10.2 Å². The Balaban J connectivity index is 1.52. The molecule has 1 fully saturated rings. The molecular formula is C19H25N5O. The summed E-state index contributed by atoms with van der Waals surface area (Å²) in [6, 6.07) is 12.4. The van der Waals surface area contributed by atoms with Crippen LogP contribution in [0.4, 0.5) is 5.69 Å². The van der Waals surface area contributed by atoms with Crippen LogP contribution in [0.15, 0.2) is 42.6 Å². The maximum Gasteiger partial charge on any atom is 0.238 e. The molecule has 2 heterocycles. The maximum atomic E-state index is 11.3. The number of rotatable bonds is 6. The number of pyridine rings is 1. The predicted octanol–water partition coefficient (Wildman–Crippen LogP) is 0.809. The summed E-state index contributed by atoms with van der Waals surface area (Å²) in [6.07, 6.45) is 4.13. The van der Waals surface area contributed by atoms with Crippen LogP contribution in [0.1, 0.15) is 16.8 Å². The summed E-state index contributed by atoms with van der Waals surface area (Å²) in [5.41, 5.74) is 6.66. The van der Waals surface area contributed by atoms with Gasteiger partial charge in [0, 0.05) is 31.9 Å². The molecule has 25 heavy (non-hydrogen) atoms. The Kier molecular flexibility index (Phi) is 5.98. The van der Waals surface area contributed by atoms with Crippen molar-refractivity contribution >= 4 is 11.6 Å². The third-order valence-corrected chi connectivity index (χ3v) is 4.51. The van der Waals surface area contributed by atoms with Gasteiger partial charge in [0.05, 0.1) is 18.3 Å². The largest absolute Gasteiger partial charge is 0.368 e. The van der Waals surface area contributed by atoms with Crippen LogP contribution in [0.5, 0.6) is 0 Å². The van der Waals surface area contributed by atoms with Crippen LogP contribution < -0.4 is 21.5 Å². The molecule has 0 unspecified atom stereocenters. The van der Waals surface area contributed by atoms with Gasteiger partial charge >= 0.3 is 0 Å². The summed E-state index contributed by atoms with van der Waals surface area (Å²) >= 11 is 0. The van der Waals surface area contributed by atoms with Gasteiger partial charge in [-0.05, 0) is 36.1 Å². The number of carbonyl (C=O) groups excluding carboxylic acids is 1. The molecule has 132 valence electrons. The lowest BCUT2D eigenvalue weighted by Gasteiger charge is -2.29. The van der Waals surface area contributed by atoms with Crippen molar-refractivity contribution in [1.82, 2.24) is 15.7 Å². The third kappa shape index (κ3) is 5.01. The normalized spacial score (nSPS) is 14.4. The molecule has 0 spiro atoms. The lowest BCUT2D eigenvalue weighted by molar-refractivity contribution is -0.120. The van der Waals surface area contributed by atoms with Crippen LogP contribution in [0.2, 0.25) is 0 Å². The number of aromatic nitrogens is 1. The van der Waals surface area contributed by atoms with Crippen molar-refractivity contribution < 1.29 is 4.79 Å². The molecule has 2 aromatic rings. The molecule has 0 atom stereocenters. The van der Waals surface area contributed by atoms with E-state index in [9.17, 15) is 4.79 Å². The lowest BCUT2D eigenvalue weighted by Crippen LogP contribution is -2.43. The van der Waals surface area contributed by atoms with Crippen molar-refractivity contribution in [3.05, 3.63) is 59.4 Å². The third-order valence-electron chi connectivity index (χ3n) is 4.51. The van der Waals surface area contributed by atoms with Crippen LogP contribution in [-0.2, 0) is 24.1 Å². The number of nitrogens with two attached hydrogens (primary N) is 1. The molecule has 1 aromatic carbocycles. The Labute approximate surface area is 148 Å². The summed E-state index contributed by atoms with van der Waals surface area (Å²) in [6.45, 7) is 4.14. The first-order chi connectivity index (χ1) is 12.2. The molecule has 0 saturated carbocycles. The van der Waals surface area contributed by atoms with Crippen molar-refractivity contribution in [3.63, 3.8) is 0 Å². The van der Waals surface area contributed by atoms with Crippen molar-refractivity contribution in [2.45, 2.75) is 19.3 Å². The summed E-state index contributed by atoms with van der Waals surface area (Å²) < 4.78 is 0. The van der Waals surface area contributed by atoms with E-state index in [2.05, 4.69) is 44.9 Å². The van der Waals surface area contributed by atoms with Gasteiger partial charge in [-0.3, -0.25) is 15.2 Å². The molecule has 1 amide bonds. The van der Waals surface area contributed by atoms with E-state index in [1.54, 1.807) is 0 Å². The number of aryl methyl sites for hydroxylation is 2. The number of hydrogen-bond acceptors (Lipinski definition) is 5. The summed E-state index contributed by atoms with van der Waals surface area (Å²) in [5.74, 6) is 4.93. The monoisotopic (exact) mass is 339 g/mol. The van der Waals surface area contributed by atoms with Crippen molar-refractivity contribution in [2.24, 2.45) is 5.84 Å². The molecule has 6 heteroatoms. The number of nitrogens with one attached hydrogen (secondary N) is 2. The standard InChI is InChI=1S/C19H25N5O/c20-23-19(25)13-16-3-1-15(2-4-16)5-6-17-7-8-18(14-22-17)24-11-9-21-10-12-24/h1-4,7-8,14,21H,5-6,9-13,20H2,(H,23,25). The zero-order valence-corrected chi connectivity index (χ0v) is 14.4. The van der Waals surface area contributed by atoms with Gasteiger partial charge in [-0.25, -0.2) is 5.84 Å². The fraction of sp³-hybridized carbons (Fsp3) is 0.368. The Hall–Kier alpha value is -2.44. The first-order valence-electron chi connectivity index (χ1n) is 8.72. The zero-order valence-electron chi connectivity index (χ0n) is 14.4. The fourth-order valence-electron chi connectivity index (χ4n) is 3.01. The molecular weight excluding hydrogens is 314 g/mol. The average molecular weight is 339 g/mol. The average Bonchev–Trinajstić information content (AvgIpc) is 2.68. The van der Waals surface area contributed by atoms with Gasteiger partial charge in [-0.1, -0.05) is 24.3 Å². The zero-order chi connectivity index (χ0) is 17.5. The highest BCUT2D eigenvalue weighted by molar-refractivity contribution is 5.77. The first-order valence-corrected chi connectivity index (χ1v) is 8.72. The Morgan fingerprint density at radius 3 is 2.44 bits per heavy atom. The van der Waals surface area contributed by atoms with E-state index in [0.717, 1.165) is 50.3 Å². The lowest BCUT2D eigenvalue weighted by atomic mass is 10.0. The van der Waals surface area contributed by atoms with Gasteiger partial charge in [0.2, 0.25) is 5.91 Å². The smallest absolute Gasteiger partial charge is 0.238 e. The quantitative estimate of drug-likeness (QED) is 0.412. The van der Waals surface area contributed by atoms with E-state index < -0.39 is 0 Å². The van der Waals surface area contributed by atoms with Gasteiger partial charge in [-0.2, -0.15) is 0 Å². The number of amides is 1. The number of hydrazine groups is 1. The SMILES string of the molecule is NNC(=O)Cc1ccc(CCc2ccc(N3CCNCC3)cn2)cc1. The number of nitrogens with zero attached hydrogens (tertiary/aromatic N) is 2. The molecule has 4 N–H and O–H groups in total. The molecule has 3 rings (SSSR count). The first kappa shape index (κ1) is 17.4. The van der Waals surface area contributed by atoms with Crippen molar-refractivity contribution in [3.8, 4) is 0 Å². The highest BCUT2D eigenvalue weighted by Crippen LogP contribution is 2.15. The van der Waals surface area contributed by atoms with E-state index in [0.29, 0.717) is 6.42 Å². The minimum absolute atomic E-state index is 0.179. The Bertz CT molecular complexity index is 678. The fourth-order valence-corrected chi connectivity index (χ4v) is 3.01. The van der Waals surface area contributed by atoms with Gasteiger partial charge in [-0.15, -0.1) is 0 Å². The minimum atomic E-state index is -0.179.